The van der Waals surface area contributed by atoms with Crippen molar-refractivity contribution in [1.82, 2.24) is 20.1 Å². The fraction of sp³-hybridized carbons (Fsp3) is 0.211. The first-order valence-electron chi connectivity index (χ1n) is 8.29. The number of carbonyl (C=O) groups is 1. The molecule has 0 aliphatic carbocycles. The monoisotopic (exact) mass is 386 g/mol. The van der Waals surface area contributed by atoms with Crippen LogP contribution < -0.4 is 10.1 Å². The van der Waals surface area contributed by atoms with Crippen LogP contribution in [0.2, 0.25) is 5.02 Å². The summed E-state index contributed by atoms with van der Waals surface area (Å²) in [5.74, 6) is 0.358. The topological polar surface area (TPSA) is 89.3 Å². The van der Waals surface area contributed by atoms with E-state index < -0.39 is 12.0 Å². The van der Waals surface area contributed by atoms with Crippen LogP contribution in [0.3, 0.4) is 0 Å². The van der Waals surface area contributed by atoms with E-state index in [9.17, 15) is 9.90 Å². The van der Waals surface area contributed by atoms with Gasteiger partial charge in [-0.1, -0.05) is 35.9 Å². The Hall–Kier alpha value is -2.90. The lowest BCUT2D eigenvalue weighted by Gasteiger charge is -2.11. The van der Waals surface area contributed by atoms with Gasteiger partial charge < -0.3 is 15.2 Å². The van der Waals surface area contributed by atoms with Crippen molar-refractivity contribution >= 4 is 17.5 Å². The van der Waals surface area contributed by atoms with Crippen molar-refractivity contribution in [2.45, 2.75) is 19.2 Å². The van der Waals surface area contributed by atoms with Gasteiger partial charge in [-0.3, -0.25) is 4.79 Å². The number of aromatic nitrogens is 3. The number of ether oxygens (including phenoxy) is 1. The molecule has 0 bridgehead atoms. The summed E-state index contributed by atoms with van der Waals surface area (Å²) in [5.41, 5.74) is 1.60. The van der Waals surface area contributed by atoms with Crippen LogP contribution in [-0.2, 0) is 13.1 Å². The van der Waals surface area contributed by atoms with Crippen LogP contribution in [0.5, 0.6) is 5.75 Å². The highest BCUT2D eigenvalue weighted by Gasteiger charge is 2.14. The van der Waals surface area contributed by atoms with Gasteiger partial charge in [-0.2, -0.15) is 0 Å². The number of aliphatic hydroxyl groups is 1. The van der Waals surface area contributed by atoms with Crippen LogP contribution >= 0.6 is 11.6 Å². The molecule has 0 aliphatic rings. The normalized spacial score (nSPS) is 11.8. The van der Waals surface area contributed by atoms with Gasteiger partial charge in [-0.15, -0.1) is 5.10 Å². The summed E-state index contributed by atoms with van der Waals surface area (Å²) in [6.07, 6.45) is 0.640. The summed E-state index contributed by atoms with van der Waals surface area (Å²) in [6.45, 7) is 0.503. The highest BCUT2D eigenvalue weighted by atomic mass is 35.5. The number of halogens is 1. The number of carbonyl (C=O) groups excluding carboxylic acids is 1. The quantitative estimate of drug-likeness (QED) is 0.651. The largest absolute Gasteiger partial charge is 0.497 e. The highest BCUT2D eigenvalue weighted by Crippen LogP contribution is 2.18. The third-order valence-electron chi connectivity index (χ3n) is 3.94. The molecule has 1 amide bonds. The summed E-state index contributed by atoms with van der Waals surface area (Å²) < 4.78 is 6.53. The Bertz CT molecular complexity index is 911. The van der Waals surface area contributed by atoms with E-state index in [0.29, 0.717) is 17.3 Å². The Morgan fingerprint density at radius 1 is 1.30 bits per heavy atom. The summed E-state index contributed by atoms with van der Waals surface area (Å²) in [7, 11) is 1.58. The number of nitrogens with zero attached hydrogens (tertiary/aromatic N) is 3. The number of hydrogen-bond donors (Lipinski definition) is 2. The van der Waals surface area contributed by atoms with Gasteiger partial charge in [0.25, 0.3) is 5.91 Å². The minimum atomic E-state index is -0.778. The molecule has 2 aromatic carbocycles. The second kappa shape index (κ2) is 8.66. The maximum Gasteiger partial charge on any atom is 0.291 e. The van der Waals surface area contributed by atoms with Crippen molar-refractivity contribution < 1.29 is 14.6 Å². The zero-order valence-electron chi connectivity index (χ0n) is 14.7. The zero-order chi connectivity index (χ0) is 19.2. The van der Waals surface area contributed by atoms with Crippen LogP contribution in [0.1, 0.15) is 27.8 Å². The van der Waals surface area contributed by atoms with E-state index in [-0.39, 0.29) is 12.4 Å². The van der Waals surface area contributed by atoms with Crippen molar-refractivity contribution in [3.8, 4) is 5.75 Å². The van der Waals surface area contributed by atoms with Crippen molar-refractivity contribution in [2.24, 2.45) is 0 Å². The molecule has 2 N–H and O–H groups in total. The second-order valence-corrected chi connectivity index (χ2v) is 6.33. The number of benzene rings is 2. The Labute approximate surface area is 161 Å². The lowest BCUT2D eigenvalue weighted by Crippen LogP contribution is -2.24. The average molecular weight is 387 g/mol. The number of rotatable bonds is 7. The van der Waals surface area contributed by atoms with E-state index in [0.717, 1.165) is 11.1 Å². The van der Waals surface area contributed by atoms with E-state index in [2.05, 4.69) is 15.4 Å². The third-order valence-corrected chi connectivity index (χ3v) is 4.18. The molecular formula is C19H19ClN4O3. The molecule has 0 radical (unpaired) electrons. The van der Waals surface area contributed by atoms with Gasteiger partial charge >= 0.3 is 0 Å². The molecule has 0 saturated carbocycles. The number of hydrogen-bond acceptors (Lipinski definition) is 5. The molecule has 7 nitrogen and oxygen atoms in total. The molecule has 0 fully saturated rings. The van der Waals surface area contributed by atoms with E-state index in [1.807, 2.05) is 12.1 Å². The lowest BCUT2D eigenvalue weighted by atomic mass is 10.1. The summed E-state index contributed by atoms with van der Waals surface area (Å²) in [6, 6.07) is 14.3. The van der Waals surface area contributed by atoms with E-state index in [4.69, 9.17) is 16.3 Å². The van der Waals surface area contributed by atoms with Crippen LogP contribution in [0.25, 0.3) is 0 Å². The first-order valence-corrected chi connectivity index (χ1v) is 8.67. The standard InChI is InChI=1S/C19H19ClN4O3/c1-27-16-7-5-14(6-8-16)17(25)11-24-12-22-18(23-24)19(26)21-10-13-3-2-4-15(20)9-13/h2-9,12,17,25H,10-11H2,1H3,(H,21,26). The second-order valence-electron chi connectivity index (χ2n) is 5.89. The molecule has 1 atom stereocenters. The Kier molecular flexibility index (Phi) is 6.05. The van der Waals surface area contributed by atoms with Gasteiger partial charge in [0, 0.05) is 11.6 Å². The van der Waals surface area contributed by atoms with Crippen molar-refractivity contribution in [3.05, 3.63) is 76.8 Å². The molecule has 3 aromatic rings. The first-order chi connectivity index (χ1) is 13.0. The van der Waals surface area contributed by atoms with Gasteiger partial charge in [0.2, 0.25) is 5.82 Å². The number of aliphatic hydroxyl groups excluding tert-OH is 1. The number of nitrogens with one attached hydrogen (secondary N) is 1. The Morgan fingerprint density at radius 3 is 2.78 bits per heavy atom. The maximum absolute atomic E-state index is 12.2. The molecule has 8 heteroatoms. The number of amides is 1. The summed E-state index contributed by atoms with van der Waals surface area (Å²) in [4.78, 5) is 16.2. The Morgan fingerprint density at radius 2 is 2.07 bits per heavy atom. The minimum Gasteiger partial charge on any atom is -0.497 e. The van der Waals surface area contributed by atoms with Crippen molar-refractivity contribution in [2.75, 3.05) is 7.11 Å². The molecule has 1 unspecified atom stereocenters. The predicted molar refractivity (Wildman–Crippen MR) is 101 cm³/mol. The minimum absolute atomic E-state index is 0.0407. The van der Waals surface area contributed by atoms with Crippen LogP contribution in [0, 0.1) is 0 Å². The van der Waals surface area contributed by atoms with Gasteiger partial charge in [-0.05, 0) is 35.4 Å². The smallest absolute Gasteiger partial charge is 0.291 e. The molecule has 0 spiro atoms. The summed E-state index contributed by atoms with van der Waals surface area (Å²) >= 11 is 5.92. The molecule has 0 aliphatic heterocycles. The molecule has 1 heterocycles. The van der Waals surface area contributed by atoms with E-state index in [1.54, 1.807) is 43.5 Å². The van der Waals surface area contributed by atoms with Gasteiger partial charge in [0.1, 0.15) is 12.1 Å². The SMILES string of the molecule is COc1ccc(C(O)Cn2cnc(C(=O)NCc3cccc(Cl)c3)n2)cc1. The molecule has 1 aromatic heterocycles. The van der Waals surface area contributed by atoms with Gasteiger partial charge in [0.05, 0.1) is 19.8 Å². The van der Waals surface area contributed by atoms with Crippen LogP contribution in [0.4, 0.5) is 0 Å². The van der Waals surface area contributed by atoms with Crippen molar-refractivity contribution in [3.63, 3.8) is 0 Å². The Balaban J connectivity index is 1.57. The molecule has 140 valence electrons. The van der Waals surface area contributed by atoms with Crippen molar-refractivity contribution in [1.29, 1.82) is 0 Å². The zero-order valence-corrected chi connectivity index (χ0v) is 15.4. The first kappa shape index (κ1) is 18.9. The van der Waals surface area contributed by atoms with Crippen LogP contribution in [-0.4, -0.2) is 32.9 Å². The fourth-order valence-electron chi connectivity index (χ4n) is 2.50. The predicted octanol–water partition coefficient (Wildman–Crippen LogP) is 2.60. The molecule has 27 heavy (non-hydrogen) atoms. The highest BCUT2D eigenvalue weighted by molar-refractivity contribution is 6.30. The molecule has 3 rings (SSSR count). The van der Waals surface area contributed by atoms with Gasteiger partial charge in [-0.25, -0.2) is 9.67 Å². The average Bonchev–Trinajstić information content (AvgIpc) is 3.15. The van der Waals surface area contributed by atoms with E-state index in [1.165, 1.54) is 11.0 Å². The molecule has 0 saturated heterocycles. The lowest BCUT2D eigenvalue weighted by molar-refractivity contribution is 0.0938. The third kappa shape index (κ3) is 5.06. The van der Waals surface area contributed by atoms with Gasteiger partial charge in [0.15, 0.2) is 0 Å². The fourth-order valence-corrected chi connectivity index (χ4v) is 2.72. The number of methoxy groups -OCH3 is 1. The van der Waals surface area contributed by atoms with Crippen LogP contribution in [0.15, 0.2) is 54.9 Å². The summed E-state index contributed by atoms with van der Waals surface area (Å²) in [5, 5.41) is 17.8. The molecular weight excluding hydrogens is 368 g/mol. The maximum atomic E-state index is 12.2. The van der Waals surface area contributed by atoms with E-state index >= 15 is 0 Å².